The number of likely N-dealkylation sites (tertiary alicyclic amines) is 1. The minimum Gasteiger partial charge on any atom is -0.394 e. The topological polar surface area (TPSA) is 78.7 Å². The third-order valence-corrected chi connectivity index (χ3v) is 5.59. The van der Waals surface area contributed by atoms with E-state index in [0.717, 1.165) is 25.9 Å². The van der Waals surface area contributed by atoms with Crippen LogP contribution < -0.4 is 0 Å². The summed E-state index contributed by atoms with van der Waals surface area (Å²) in [7, 11) is 0.116. The Hall–Kier alpha value is -0.960. The minimum atomic E-state index is -3.52. The van der Waals surface area contributed by atoms with Gasteiger partial charge < -0.3 is 10.0 Å². The molecule has 1 atom stereocenters. The van der Waals surface area contributed by atoms with Gasteiger partial charge in [-0.1, -0.05) is 0 Å². The van der Waals surface area contributed by atoms with Gasteiger partial charge in [-0.15, -0.1) is 0 Å². The first-order valence-corrected chi connectivity index (χ1v) is 8.19. The highest BCUT2D eigenvalue weighted by Crippen LogP contribution is 2.21. The maximum atomic E-state index is 12.5. The van der Waals surface area contributed by atoms with Crippen LogP contribution in [0.3, 0.4) is 0 Å². The first-order valence-electron chi connectivity index (χ1n) is 6.75. The molecule has 1 fully saturated rings. The van der Waals surface area contributed by atoms with E-state index in [0.29, 0.717) is 6.54 Å². The van der Waals surface area contributed by atoms with E-state index in [9.17, 15) is 8.42 Å². The Labute approximate surface area is 119 Å². The lowest BCUT2D eigenvalue weighted by Gasteiger charge is -2.34. The second kappa shape index (κ2) is 6.21. The number of sulfonamides is 1. The molecular weight excluding hydrogens is 280 g/mol. The summed E-state index contributed by atoms with van der Waals surface area (Å²) >= 11 is 0. The van der Waals surface area contributed by atoms with Crippen molar-refractivity contribution in [3.63, 3.8) is 0 Å². The van der Waals surface area contributed by atoms with Crippen LogP contribution >= 0.6 is 0 Å². The molecule has 0 bridgehead atoms. The number of aromatic nitrogens is 2. The lowest BCUT2D eigenvalue weighted by atomic mass is 10.1. The zero-order valence-corrected chi connectivity index (χ0v) is 12.8. The summed E-state index contributed by atoms with van der Waals surface area (Å²) in [6, 6.07) is -0.0000539. The van der Waals surface area contributed by atoms with E-state index >= 15 is 0 Å². The summed E-state index contributed by atoms with van der Waals surface area (Å²) in [5.74, 6) is 0. The quantitative estimate of drug-likeness (QED) is 0.800. The van der Waals surface area contributed by atoms with Crippen molar-refractivity contribution in [2.24, 2.45) is 0 Å². The smallest absolute Gasteiger partial charge is 0.246 e. The molecule has 1 saturated heterocycles. The number of hydrogen-bond donors (Lipinski definition) is 1. The molecule has 0 spiro atoms. The Morgan fingerprint density at radius 2 is 2.30 bits per heavy atom. The normalized spacial score (nSPS) is 21.5. The second-order valence-electron chi connectivity index (χ2n) is 5.24. The molecule has 1 aliphatic heterocycles. The van der Waals surface area contributed by atoms with Crippen molar-refractivity contribution in [2.75, 3.05) is 33.8 Å². The zero-order chi connectivity index (χ0) is 14.8. The Kier molecular flexibility index (Phi) is 4.79. The first kappa shape index (κ1) is 15.4. The van der Waals surface area contributed by atoms with Crippen molar-refractivity contribution in [1.82, 2.24) is 19.0 Å². The molecule has 0 aliphatic carbocycles. The fourth-order valence-corrected chi connectivity index (χ4v) is 3.83. The van der Waals surface area contributed by atoms with Crippen molar-refractivity contribution in [2.45, 2.75) is 30.3 Å². The van der Waals surface area contributed by atoms with Crippen LogP contribution in [-0.4, -0.2) is 72.3 Å². The predicted octanol–water partition coefficient (Wildman–Crippen LogP) is -0.410. The molecule has 114 valence electrons. The second-order valence-corrected chi connectivity index (χ2v) is 7.24. The highest BCUT2D eigenvalue weighted by Gasteiger charge is 2.31. The summed E-state index contributed by atoms with van der Waals surface area (Å²) in [5, 5.41) is 12.8. The third kappa shape index (κ3) is 3.20. The van der Waals surface area contributed by atoms with E-state index in [-0.39, 0.29) is 17.5 Å². The number of piperidine rings is 1. The largest absolute Gasteiger partial charge is 0.394 e. The monoisotopic (exact) mass is 302 g/mol. The molecular formula is C12H22N4O3S. The fourth-order valence-electron chi connectivity index (χ4n) is 2.50. The SMILES string of the molecule is CN1CCCC(N(C)S(=O)(=O)c2cnn(CCO)c2)C1. The number of likely N-dealkylation sites (N-methyl/N-ethyl adjacent to an activating group) is 2. The van der Waals surface area contributed by atoms with E-state index in [1.165, 1.54) is 21.4 Å². The predicted molar refractivity (Wildman–Crippen MR) is 74.8 cm³/mol. The summed E-state index contributed by atoms with van der Waals surface area (Å²) in [5.41, 5.74) is 0. The molecule has 20 heavy (non-hydrogen) atoms. The van der Waals surface area contributed by atoms with Crippen LogP contribution in [0.25, 0.3) is 0 Å². The molecule has 0 aromatic carbocycles. The first-order chi connectivity index (χ1) is 9.45. The van der Waals surface area contributed by atoms with Gasteiger partial charge in [0.2, 0.25) is 10.0 Å². The molecule has 0 saturated carbocycles. The van der Waals surface area contributed by atoms with E-state index in [4.69, 9.17) is 5.11 Å². The summed E-state index contributed by atoms with van der Waals surface area (Å²) in [6.07, 6.45) is 4.69. The Balaban J connectivity index is 2.15. The molecule has 1 unspecified atom stereocenters. The van der Waals surface area contributed by atoms with Crippen molar-refractivity contribution >= 4 is 10.0 Å². The standard InChI is InChI=1S/C12H22N4O3S/c1-14-5-3-4-11(9-14)15(2)20(18,19)12-8-13-16(10-12)6-7-17/h8,10-11,17H,3-7,9H2,1-2H3. The minimum absolute atomic E-state index is 0.0000539. The van der Waals surface area contributed by atoms with Gasteiger partial charge in [-0.05, 0) is 26.4 Å². The van der Waals surface area contributed by atoms with Crippen molar-refractivity contribution in [3.05, 3.63) is 12.4 Å². The molecule has 8 heteroatoms. The Bertz CT molecular complexity index is 543. The third-order valence-electron chi connectivity index (χ3n) is 3.73. The molecule has 7 nitrogen and oxygen atoms in total. The van der Waals surface area contributed by atoms with Gasteiger partial charge in [-0.3, -0.25) is 4.68 Å². The fraction of sp³-hybridized carbons (Fsp3) is 0.750. The molecule has 0 amide bonds. The number of nitrogens with zero attached hydrogens (tertiary/aromatic N) is 4. The van der Waals surface area contributed by atoms with Crippen molar-refractivity contribution in [1.29, 1.82) is 0 Å². The highest BCUT2D eigenvalue weighted by molar-refractivity contribution is 7.89. The van der Waals surface area contributed by atoms with Crippen LogP contribution in [0, 0.1) is 0 Å². The van der Waals surface area contributed by atoms with Crippen LogP contribution in [0.1, 0.15) is 12.8 Å². The maximum Gasteiger partial charge on any atom is 0.246 e. The molecule has 2 rings (SSSR count). The number of hydrogen-bond acceptors (Lipinski definition) is 5. The van der Waals surface area contributed by atoms with E-state index in [2.05, 4.69) is 10.00 Å². The molecule has 1 aromatic rings. The summed E-state index contributed by atoms with van der Waals surface area (Å²) < 4.78 is 28.0. The molecule has 1 aromatic heterocycles. The van der Waals surface area contributed by atoms with Gasteiger partial charge in [0.1, 0.15) is 4.90 Å². The van der Waals surface area contributed by atoms with Gasteiger partial charge in [0.15, 0.2) is 0 Å². The van der Waals surface area contributed by atoms with Crippen LogP contribution in [0.5, 0.6) is 0 Å². The average molecular weight is 302 g/mol. The van der Waals surface area contributed by atoms with Gasteiger partial charge in [0.25, 0.3) is 0 Å². The van der Waals surface area contributed by atoms with E-state index < -0.39 is 10.0 Å². The van der Waals surface area contributed by atoms with E-state index in [1.54, 1.807) is 7.05 Å². The van der Waals surface area contributed by atoms with E-state index in [1.807, 2.05) is 7.05 Å². The van der Waals surface area contributed by atoms with Crippen LogP contribution in [-0.2, 0) is 16.6 Å². The average Bonchev–Trinajstić information content (AvgIpc) is 2.87. The zero-order valence-electron chi connectivity index (χ0n) is 11.9. The van der Waals surface area contributed by atoms with Crippen molar-refractivity contribution < 1.29 is 13.5 Å². The number of aliphatic hydroxyl groups is 1. The summed E-state index contributed by atoms with van der Waals surface area (Å²) in [4.78, 5) is 2.33. The van der Waals surface area contributed by atoms with Gasteiger partial charge >= 0.3 is 0 Å². The molecule has 1 N–H and O–H groups in total. The van der Waals surface area contributed by atoms with Crippen molar-refractivity contribution in [3.8, 4) is 0 Å². The molecule has 0 radical (unpaired) electrons. The highest BCUT2D eigenvalue weighted by atomic mass is 32.2. The molecule has 1 aliphatic rings. The Morgan fingerprint density at radius 1 is 1.55 bits per heavy atom. The van der Waals surface area contributed by atoms with Crippen LogP contribution in [0.2, 0.25) is 0 Å². The maximum absolute atomic E-state index is 12.5. The Morgan fingerprint density at radius 3 is 2.95 bits per heavy atom. The van der Waals surface area contributed by atoms with Crippen LogP contribution in [0.15, 0.2) is 17.3 Å². The lowest BCUT2D eigenvalue weighted by Crippen LogP contribution is -2.47. The van der Waals surface area contributed by atoms with Gasteiger partial charge in [-0.25, -0.2) is 8.42 Å². The summed E-state index contributed by atoms with van der Waals surface area (Å²) in [6.45, 7) is 2.00. The van der Waals surface area contributed by atoms with Crippen LogP contribution in [0.4, 0.5) is 0 Å². The lowest BCUT2D eigenvalue weighted by molar-refractivity contribution is 0.187. The van der Waals surface area contributed by atoms with Gasteiger partial charge in [-0.2, -0.15) is 9.40 Å². The number of rotatable bonds is 5. The van der Waals surface area contributed by atoms with Gasteiger partial charge in [0.05, 0.1) is 19.3 Å². The van der Waals surface area contributed by atoms with Gasteiger partial charge in [0, 0.05) is 25.8 Å². The molecule has 2 heterocycles. The number of aliphatic hydroxyl groups excluding tert-OH is 1.